The van der Waals surface area contributed by atoms with Crippen molar-refractivity contribution in [1.82, 2.24) is 20.1 Å². The lowest BCUT2D eigenvalue weighted by Crippen LogP contribution is -2.41. The van der Waals surface area contributed by atoms with Gasteiger partial charge in [-0.3, -0.25) is 4.79 Å². The van der Waals surface area contributed by atoms with Crippen LogP contribution in [0.4, 0.5) is 0 Å². The number of nitrogens with zero attached hydrogens (tertiary/aromatic N) is 3. The van der Waals surface area contributed by atoms with Gasteiger partial charge in [-0.1, -0.05) is 31.5 Å². The first kappa shape index (κ1) is 18.7. The topological polar surface area (TPSA) is 94.0 Å². The molecule has 0 aromatic carbocycles. The van der Waals surface area contributed by atoms with Gasteiger partial charge in [-0.15, -0.1) is 10.2 Å². The lowest BCUT2D eigenvalue weighted by molar-refractivity contribution is -0.119. The Hall–Kier alpha value is -1.09. The second kappa shape index (κ2) is 7.65. The van der Waals surface area contributed by atoms with E-state index >= 15 is 0 Å². The van der Waals surface area contributed by atoms with Crippen LogP contribution in [0.3, 0.4) is 0 Å². The van der Waals surface area contributed by atoms with Gasteiger partial charge in [0.2, 0.25) is 5.91 Å². The standard InChI is InChI=1S/C16H26N4O3S2/c1-11-5-3-4-6-13(11)17-14(21)9-24-16-19-18-15(20(16)2)12-7-8-25(22,23)10-12/h11-13H,3-10H2,1-2H3,(H,17,21)/t11-,12-,13-/m1/s1. The van der Waals surface area contributed by atoms with Gasteiger partial charge in [-0.25, -0.2) is 8.42 Å². The number of amides is 1. The van der Waals surface area contributed by atoms with Crippen molar-refractivity contribution in [1.29, 1.82) is 0 Å². The van der Waals surface area contributed by atoms with Gasteiger partial charge in [-0.05, 0) is 25.2 Å². The van der Waals surface area contributed by atoms with Crippen LogP contribution in [0.1, 0.15) is 50.8 Å². The van der Waals surface area contributed by atoms with Gasteiger partial charge in [0.15, 0.2) is 15.0 Å². The van der Waals surface area contributed by atoms with Crippen molar-refractivity contribution in [3.8, 4) is 0 Å². The summed E-state index contributed by atoms with van der Waals surface area (Å²) in [6.07, 6.45) is 5.26. The normalized spacial score (nSPS) is 28.8. The van der Waals surface area contributed by atoms with Crippen LogP contribution >= 0.6 is 11.8 Å². The molecule has 1 saturated carbocycles. The Kier molecular flexibility index (Phi) is 5.72. The Balaban J connectivity index is 1.54. The maximum absolute atomic E-state index is 12.2. The zero-order valence-corrected chi connectivity index (χ0v) is 16.4. The summed E-state index contributed by atoms with van der Waals surface area (Å²) < 4.78 is 25.1. The molecule has 2 fully saturated rings. The summed E-state index contributed by atoms with van der Waals surface area (Å²) in [5, 5.41) is 12.1. The fourth-order valence-corrected chi connectivity index (χ4v) is 6.18. The van der Waals surface area contributed by atoms with Gasteiger partial charge >= 0.3 is 0 Å². The van der Waals surface area contributed by atoms with Crippen LogP contribution in [0.2, 0.25) is 0 Å². The van der Waals surface area contributed by atoms with Crippen LogP contribution in [0, 0.1) is 5.92 Å². The number of sulfone groups is 1. The maximum Gasteiger partial charge on any atom is 0.230 e. The fraction of sp³-hybridized carbons (Fsp3) is 0.812. The SMILES string of the molecule is C[C@@H]1CCCC[C@H]1NC(=O)CSc1nnc([C@@H]2CCS(=O)(=O)C2)n1C. The smallest absolute Gasteiger partial charge is 0.230 e. The predicted octanol–water partition coefficient (Wildman–Crippen LogP) is 1.50. The van der Waals surface area contributed by atoms with Crippen LogP contribution in [-0.4, -0.2) is 52.4 Å². The van der Waals surface area contributed by atoms with Gasteiger partial charge in [0.05, 0.1) is 17.3 Å². The number of rotatable bonds is 5. The van der Waals surface area contributed by atoms with E-state index in [9.17, 15) is 13.2 Å². The Labute approximate surface area is 153 Å². The number of thioether (sulfide) groups is 1. The molecule has 0 spiro atoms. The van der Waals surface area contributed by atoms with Crippen LogP contribution in [0.25, 0.3) is 0 Å². The van der Waals surface area contributed by atoms with Gasteiger partial charge < -0.3 is 9.88 Å². The van der Waals surface area contributed by atoms with Crippen molar-refractivity contribution >= 4 is 27.5 Å². The molecule has 0 unspecified atom stereocenters. The second-order valence-corrected chi connectivity index (χ2v) is 10.4. The molecule has 9 heteroatoms. The monoisotopic (exact) mass is 386 g/mol. The van der Waals surface area contributed by atoms with E-state index in [4.69, 9.17) is 0 Å². The van der Waals surface area contributed by atoms with E-state index in [2.05, 4.69) is 22.4 Å². The quantitative estimate of drug-likeness (QED) is 0.771. The molecular formula is C16H26N4O3S2. The third-order valence-corrected chi connectivity index (χ3v) is 8.04. The van der Waals surface area contributed by atoms with Crippen molar-refractivity contribution in [3.63, 3.8) is 0 Å². The van der Waals surface area contributed by atoms with E-state index in [0.29, 0.717) is 29.1 Å². The second-order valence-electron chi connectivity index (χ2n) is 7.22. The first-order valence-electron chi connectivity index (χ1n) is 8.87. The zero-order chi connectivity index (χ0) is 18.0. The average Bonchev–Trinajstić information content (AvgIpc) is 3.10. The molecule has 2 aliphatic rings. The summed E-state index contributed by atoms with van der Waals surface area (Å²) in [6.45, 7) is 2.20. The summed E-state index contributed by atoms with van der Waals surface area (Å²) >= 11 is 1.35. The largest absolute Gasteiger partial charge is 0.352 e. The Morgan fingerprint density at radius 3 is 2.72 bits per heavy atom. The zero-order valence-electron chi connectivity index (χ0n) is 14.8. The molecule has 7 nitrogen and oxygen atoms in total. The minimum atomic E-state index is -2.95. The highest BCUT2D eigenvalue weighted by atomic mass is 32.2. The van der Waals surface area contributed by atoms with Crippen molar-refractivity contribution in [3.05, 3.63) is 5.82 Å². The third-order valence-electron chi connectivity index (χ3n) is 5.26. The maximum atomic E-state index is 12.2. The lowest BCUT2D eigenvalue weighted by Gasteiger charge is -2.29. The minimum Gasteiger partial charge on any atom is -0.352 e. The van der Waals surface area contributed by atoms with Gasteiger partial charge in [0.1, 0.15) is 5.82 Å². The molecule has 1 aliphatic heterocycles. The number of carbonyl (C=O) groups is 1. The molecule has 0 bridgehead atoms. The van der Waals surface area contributed by atoms with E-state index in [-0.39, 0.29) is 29.4 Å². The number of hydrogen-bond donors (Lipinski definition) is 1. The Morgan fingerprint density at radius 2 is 2.04 bits per heavy atom. The molecule has 3 rings (SSSR count). The van der Waals surface area contributed by atoms with E-state index in [0.717, 1.165) is 6.42 Å². The molecule has 3 atom stereocenters. The highest BCUT2D eigenvalue weighted by Crippen LogP contribution is 2.29. The number of nitrogens with one attached hydrogen (secondary N) is 1. The molecule has 1 N–H and O–H groups in total. The van der Waals surface area contributed by atoms with Gasteiger partial charge in [-0.2, -0.15) is 0 Å². The number of aromatic nitrogens is 3. The molecule has 2 heterocycles. The van der Waals surface area contributed by atoms with Crippen molar-refractivity contribution in [2.75, 3.05) is 17.3 Å². The van der Waals surface area contributed by atoms with E-state index in [1.807, 2.05) is 11.6 Å². The Morgan fingerprint density at radius 1 is 1.28 bits per heavy atom. The van der Waals surface area contributed by atoms with Crippen molar-refractivity contribution in [2.24, 2.45) is 13.0 Å². The third kappa shape index (κ3) is 4.55. The van der Waals surface area contributed by atoms with Crippen LogP contribution in [0.15, 0.2) is 5.16 Å². The van der Waals surface area contributed by atoms with Crippen LogP contribution < -0.4 is 5.32 Å². The minimum absolute atomic E-state index is 0.0248. The highest BCUT2D eigenvalue weighted by Gasteiger charge is 2.32. The Bertz CT molecular complexity index is 732. The first-order valence-corrected chi connectivity index (χ1v) is 11.7. The first-order chi connectivity index (χ1) is 11.9. The van der Waals surface area contributed by atoms with E-state index < -0.39 is 9.84 Å². The molecule has 140 valence electrons. The van der Waals surface area contributed by atoms with Crippen LogP contribution in [0.5, 0.6) is 0 Å². The summed E-state index contributed by atoms with van der Waals surface area (Å²) in [7, 11) is -1.11. The lowest BCUT2D eigenvalue weighted by atomic mass is 9.86. The summed E-state index contributed by atoms with van der Waals surface area (Å²) in [5.74, 6) is 1.83. The average molecular weight is 387 g/mol. The number of hydrogen-bond acceptors (Lipinski definition) is 6. The van der Waals surface area contributed by atoms with Gasteiger partial charge in [0.25, 0.3) is 0 Å². The van der Waals surface area contributed by atoms with E-state index in [1.54, 1.807) is 0 Å². The molecule has 25 heavy (non-hydrogen) atoms. The van der Waals surface area contributed by atoms with Crippen molar-refractivity contribution in [2.45, 2.75) is 56.1 Å². The van der Waals surface area contributed by atoms with E-state index in [1.165, 1.54) is 31.0 Å². The molecule has 0 radical (unpaired) electrons. The predicted molar refractivity (Wildman–Crippen MR) is 97.3 cm³/mol. The highest BCUT2D eigenvalue weighted by molar-refractivity contribution is 7.99. The summed E-state index contributed by atoms with van der Waals surface area (Å²) in [5.41, 5.74) is 0. The van der Waals surface area contributed by atoms with Gasteiger partial charge in [0, 0.05) is 19.0 Å². The molecular weight excluding hydrogens is 360 g/mol. The molecule has 1 saturated heterocycles. The molecule has 1 aromatic heterocycles. The molecule has 1 aromatic rings. The summed E-state index contributed by atoms with van der Waals surface area (Å²) in [4.78, 5) is 12.2. The summed E-state index contributed by atoms with van der Waals surface area (Å²) in [6, 6.07) is 0.278. The van der Waals surface area contributed by atoms with Crippen LogP contribution in [-0.2, 0) is 21.7 Å². The molecule has 1 aliphatic carbocycles. The number of carbonyl (C=O) groups excluding carboxylic acids is 1. The fourth-order valence-electron chi connectivity index (χ4n) is 3.72. The van der Waals surface area contributed by atoms with Crippen molar-refractivity contribution < 1.29 is 13.2 Å². The molecule has 1 amide bonds.